The fraction of sp³-hybridized carbons (Fsp3) is 0.158. The molecule has 9 nitrogen and oxygen atoms in total. The molecule has 0 amide bonds. The van der Waals surface area contributed by atoms with Crippen molar-refractivity contribution in [3.63, 3.8) is 0 Å². The molecule has 0 spiro atoms. The Labute approximate surface area is 169 Å². The number of carbonyl (C=O) groups excluding carboxylic acids is 1. The summed E-state index contributed by atoms with van der Waals surface area (Å²) in [5.74, 6) is 1.36. The molecule has 3 heterocycles. The van der Waals surface area contributed by atoms with E-state index in [2.05, 4.69) is 25.3 Å². The van der Waals surface area contributed by atoms with Gasteiger partial charge in [-0.15, -0.1) is 10.2 Å². The van der Waals surface area contributed by atoms with Crippen LogP contribution in [0.15, 0.2) is 63.0 Å². The number of hydrogen-bond acceptors (Lipinski definition) is 10. The van der Waals surface area contributed by atoms with Crippen molar-refractivity contribution < 1.29 is 18.5 Å². The first kappa shape index (κ1) is 18.8. The maximum absolute atomic E-state index is 11.0. The van der Waals surface area contributed by atoms with Crippen LogP contribution in [0, 0.1) is 0 Å². The molecule has 0 radical (unpaired) electrons. The number of benzene rings is 1. The normalized spacial score (nSPS) is 10.8. The lowest BCUT2D eigenvalue weighted by molar-refractivity contribution is -0.142. The Morgan fingerprint density at radius 3 is 2.83 bits per heavy atom. The number of nitrogens with zero attached hydrogens (tertiary/aromatic N) is 5. The molecule has 10 heteroatoms. The number of hydrogen-bond donors (Lipinski definition) is 0. The second kappa shape index (κ2) is 8.65. The number of carbonyl (C=O) groups is 1. The van der Waals surface area contributed by atoms with E-state index in [1.807, 2.05) is 24.3 Å². The summed E-state index contributed by atoms with van der Waals surface area (Å²) in [5.41, 5.74) is 2.41. The van der Waals surface area contributed by atoms with Crippen LogP contribution < -0.4 is 0 Å². The minimum atomic E-state index is -0.331. The van der Waals surface area contributed by atoms with E-state index in [9.17, 15) is 4.79 Å². The summed E-state index contributed by atoms with van der Waals surface area (Å²) >= 11 is 1.30. The van der Waals surface area contributed by atoms with Gasteiger partial charge in [0.05, 0.1) is 5.75 Å². The highest BCUT2D eigenvalue weighted by Gasteiger charge is 2.13. The van der Waals surface area contributed by atoms with Crippen LogP contribution in [0.5, 0.6) is 0 Å². The Morgan fingerprint density at radius 1 is 1.14 bits per heavy atom. The summed E-state index contributed by atoms with van der Waals surface area (Å²) in [7, 11) is 0. The molecular weight excluding hydrogens is 394 g/mol. The molecule has 0 aliphatic rings. The topological polar surface area (TPSA) is 117 Å². The van der Waals surface area contributed by atoms with Gasteiger partial charge in [0.15, 0.2) is 0 Å². The summed E-state index contributed by atoms with van der Waals surface area (Å²) in [5, 5.41) is 12.4. The van der Waals surface area contributed by atoms with E-state index in [0.29, 0.717) is 28.6 Å². The number of pyridine rings is 1. The zero-order valence-electron chi connectivity index (χ0n) is 15.3. The SMILES string of the molecule is CC(=O)OCc1cccc(-c2noc(CSc3nnc(-c4ccncc4)o3)n2)c1. The predicted octanol–water partition coefficient (Wildman–Crippen LogP) is 3.54. The third-order valence-corrected chi connectivity index (χ3v) is 4.55. The fourth-order valence-electron chi connectivity index (χ4n) is 2.42. The van der Waals surface area contributed by atoms with Gasteiger partial charge in [-0.05, 0) is 23.8 Å². The van der Waals surface area contributed by atoms with E-state index >= 15 is 0 Å². The van der Waals surface area contributed by atoms with Crippen molar-refractivity contribution in [1.29, 1.82) is 0 Å². The number of aromatic nitrogens is 5. The van der Waals surface area contributed by atoms with Crippen molar-refractivity contribution in [3.8, 4) is 22.8 Å². The van der Waals surface area contributed by atoms with Crippen LogP contribution in [-0.4, -0.2) is 31.3 Å². The Balaban J connectivity index is 1.39. The largest absolute Gasteiger partial charge is 0.461 e. The molecule has 29 heavy (non-hydrogen) atoms. The van der Waals surface area contributed by atoms with E-state index in [4.69, 9.17) is 13.7 Å². The van der Waals surface area contributed by atoms with Crippen molar-refractivity contribution in [1.82, 2.24) is 25.3 Å². The minimum Gasteiger partial charge on any atom is -0.461 e. The van der Waals surface area contributed by atoms with Gasteiger partial charge in [-0.1, -0.05) is 35.1 Å². The molecule has 0 saturated heterocycles. The van der Waals surface area contributed by atoms with Gasteiger partial charge in [0.1, 0.15) is 6.61 Å². The van der Waals surface area contributed by atoms with Crippen molar-refractivity contribution in [2.24, 2.45) is 0 Å². The Bertz CT molecular complexity index is 1110. The van der Waals surface area contributed by atoms with Crippen molar-refractivity contribution in [3.05, 3.63) is 60.2 Å². The van der Waals surface area contributed by atoms with Gasteiger partial charge in [0, 0.05) is 30.4 Å². The first-order valence-electron chi connectivity index (χ1n) is 8.59. The predicted molar refractivity (Wildman–Crippen MR) is 102 cm³/mol. The van der Waals surface area contributed by atoms with Gasteiger partial charge in [0.25, 0.3) is 5.22 Å². The molecular formula is C19H15N5O4S. The maximum atomic E-state index is 11.0. The van der Waals surface area contributed by atoms with Crippen LogP contribution in [0.25, 0.3) is 22.8 Å². The summed E-state index contributed by atoms with van der Waals surface area (Å²) in [6.07, 6.45) is 3.32. The van der Waals surface area contributed by atoms with E-state index in [1.54, 1.807) is 24.5 Å². The number of rotatable bonds is 7. The van der Waals surface area contributed by atoms with E-state index < -0.39 is 0 Å². The van der Waals surface area contributed by atoms with Crippen molar-refractivity contribution in [2.75, 3.05) is 0 Å². The van der Waals surface area contributed by atoms with E-state index in [-0.39, 0.29) is 12.6 Å². The Kier molecular flexibility index (Phi) is 5.61. The lowest BCUT2D eigenvalue weighted by Gasteiger charge is -2.03. The quantitative estimate of drug-likeness (QED) is 0.331. The smallest absolute Gasteiger partial charge is 0.302 e. The molecule has 0 unspecified atom stereocenters. The van der Waals surface area contributed by atoms with Gasteiger partial charge >= 0.3 is 5.97 Å². The second-order valence-corrected chi connectivity index (χ2v) is 6.82. The Morgan fingerprint density at radius 2 is 2.00 bits per heavy atom. The highest BCUT2D eigenvalue weighted by atomic mass is 32.2. The van der Waals surface area contributed by atoms with Gasteiger partial charge in [-0.2, -0.15) is 4.98 Å². The van der Waals surface area contributed by atoms with Gasteiger partial charge in [-0.3, -0.25) is 9.78 Å². The molecule has 0 saturated carbocycles. The van der Waals surface area contributed by atoms with Crippen LogP contribution >= 0.6 is 11.8 Å². The highest BCUT2D eigenvalue weighted by Crippen LogP contribution is 2.26. The van der Waals surface area contributed by atoms with Crippen LogP contribution in [-0.2, 0) is 21.9 Å². The van der Waals surface area contributed by atoms with Crippen LogP contribution in [0.1, 0.15) is 18.4 Å². The molecule has 0 fully saturated rings. The van der Waals surface area contributed by atoms with Gasteiger partial charge in [0.2, 0.25) is 17.6 Å². The average molecular weight is 409 g/mol. The lowest BCUT2D eigenvalue weighted by Crippen LogP contribution is -1.98. The molecule has 1 aromatic carbocycles. The lowest BCUT2D eigenvalue weighted by atomic mass is 10.1. The summed E-state index contributed by atoms with van der Waals surface area (Å²) in [4.78, 5) is 19.3. The molecule has 3 aromatic heterocycles. The highest BCUT2D eigenvalue weighted by molar-refractivity contribution is 7.98. The third kappa shape index (κ3) is 4.85. The molecule has 4 aromatic rings. The van der Waals surface area contributed by atoms with Crippen molar-refractivity contribution in [2.45, 2.75) is 24.5 Å². The standard InChI is InChI=1S/C19H15N5O4S/c1-12(25)26-10-13-3-2-4-15(9-13)17-21-16(28-24-17)11-29-19-23-22-18(27-19)14-5-7-20-8-6-14/h2-9H,10-11H2,1H3. The van der Waals surface area contributed by atoms with Gasteiger partial charge in [-0.25, -0.2) is 0 Å². The zero-order chi connectivity index (χ0) is 20.1. The molecule has 146 valence electrons. The zero-order valence-corrected chi connectivity index (χ0v) is 16.1. The van der Waals surface area contributed by atoms with Crippen LogP contribution in [0.3, 0.4) is 0 Å². The average Bonchev–Trinajstić information content (AvgIpc) is 3.41. The van der Waals surface area contributed by atoms with Gasteiger partial charge < -0.3 is 13.7 Å². The maximum Gasteiger partial charge on any atom is 0.302 e. The van der Waals surface area contributed by atoms with E-state index in [1.165, 1.54) is 18.7 Å². The molecule has 0 aliphatic heterocycles. The van der Waals surface area contributed by atoms with Crippen LogP contribution in [0.4, 0.5) is 0 Å². The summed E-state index contributed by atoms with van der Waals surface area (Å²) in [6.45, 7) is 1.57. The van der Waals surface area contributed by atoms with E-state index in [0.717, 1.165) is 16.7 Å². The number of ether oxygens (including phenoxy) is 1. The van der Waals surface area contributed by atoms with Crippen molar-refractivity contribution >= 4 is 17.7 Å². The fourth-order valence-corrected chi connectivity index (χ4v) is 3.02. The Hall–Kier alpha value is -3.53. The summed E-state index contributed by atoms with van der Waals surface area (Å²) in [6, 6.07) is 11.0. The number of thioether (sulfide) groups is 1. The molecule has 0 bridgehead atoms. The monoisotopic (exact) mass is 409 g/mol. The molecule has 0 atom stereocenters. The second-order valence-electron chi connectivity index (χ2n) is 5.89. The first-order chi connectivity index (χ1) is 14.2. The summed E-state index contributed by atoms with van der Waals surface area (Å²) < 4.78 is 15.9. The minimum absolute atomic E-state index is 0.195. The third-order valence-electron chi connectivity index (χ3n) is 3.75. The molecule has 0 N–H and O–H groups in total. The van der Waals surface area contributed by atoms with Crippen LogP contribution in [0.2, 0.25) is 0 Å². The number of esters is 1. The first-order valence-corrected chi connectivity index (χ1v) is 9.58. The molecule has 4 rings (SSSR count). The molecule has 0 aliphatic carbocycles.